The van der Waals surface area contributed by atoms with Crippen LogP contribution in [-0.4, -0.2) is 47.6 Å². The number of phenolic OH excluding ortho intramolecular Hbond substituents is 4. The van der Waals surface area contributed by atoms with E-state index in [1.54, 1.807) is 48.5 Å². The molecule has 0 atom stereocenters. The van der Waals surface area contributed by atoms with Crippen LogP contribution in [0.1, 0.15) is 247 Å². The van der Waals surface area contributed by atoms with Crippen molar-refractivity contribution in [3.63, 3.8) is 0 Å². The molecule has 0 aromatic heterocycles. The van der Waals surface area contributed by atoms with Crippen molar-refractivity contribution in [2.75, 3.05) is 27.2 Å². The summed E-state index contributed by atoms with van der Waals surface area (Å²) in [5.41, 5.74) is 10.0. The summed E-state index contributed by atoms with van der Waals surface area (Å²) in [7, 11) is 0. The van der Waals surface area contributed by atoms with Crippen LogP contribution in [0.4, 0.5) is 0 Å². The van der Waals surface area contributed by atoms with E-state index < -0.39 is 23.7 Å². The third kappa shape index (κ3) is 15.3. The molecule has 4 heterocycles. The van der Waals surface area contributed by atoms with Crippen molar-refractivity contribution in [2.24, 2.45) is 0 Å². The molecule has 0 fully saturated rings. The summed E-state index contributed by atoms with van der Waals surface area (Å²) in [4.78, 5) is 0. The predicted octanol–water partition coefficient (Wildman–Crippen LogP) is 20.5. The van der Waals surface area contributed by atoms with Crippen molar-refractivity contribution in [3.05, 3.63) is 188 Å². The minimum Gasteiger partial charge on any atom is -0.508 e. The lowest BCUT2D eigenvalue weighted by Gasteiger charge is -2.37. The fraction of sp³-hybridized carbons (Fsp3) is 0.429. The highest BCUT2D eigenvalue weighted by molar-refractivity contribution is 5.74. The maximum Gasteiger partial charge on any atom is 0.231 e. The zero-order valence-corrected chi connectivity index (χ0v) is 58.3. The molecular formula is C84H96O16. The molecule has 8 bridgehead atoms. The Balaban J connectivity index is 1.18. The number of hydrogen-bond acceptors (Lipinski definition) is 16. The van der Waals surface area contributed by atoms with Crippen LogP contribution >= 0.6 is 0 Å². The van der Waals surface area contributed by atoms with Gasteiger partial charge in [-0.05, 0) is 121 Å². The van der Waals surface area contributed by atoms with E-state index in [1.807, 2.05) is 48.5 Å². The summed E-state index contributed by atoms with van der Waals surface area (Å²) in [5.74, 6) is 4.03. The standard InChI is InChI=1S/C84H96O16/c1-5-9-13-17-33-61-65-41-67-62(34-18-14-10-6-2)69-43-71-64(36-20-16-12-8-4)72-44-70-63(35-19-15-11-7-3)68-42-66(61)74-82(90-46-54-26-22-30-58(86)38-54)76(68)96-51-98-78(70)84(92-48-56-28-24-32-60(88)40-56)80(72)100-52-99-79(71)83(91-47-55-27-23-31-59(87)39-55)77(69)97-50-95-75(67)81(73(65)93-49-94-74)89-45-53-25-21-29-57(85)37-53/h21-32,37-44,61-64,85-88H,5-20,33-36,45-52H2,1-4H3. The molecule has 0 unspecified atom stereocenters. The van der Waals surface area contributed by atoms with Crippen molar-refractivity contribution >= 4 is 0 Å². The molecule has 4 aliphatic heterocycles. The fourth-order valence-electron chi connectivity index (χ4n) is 15.3. The van der Waals surface area contributed by atoms with Crippen LogP contribution in [0.25, 0.3) is 0 Å². The molecule has 100 heavy (non-hydrogen) atoms. The van der Waals surface area contributed by atoms with E-state index in [0.717, 1.165) is 169 Å². The second-order valence-electron chi connectivity index (χ2n) is 27.2. The molecule has 528 valence electrons. The van der Waals surface area contributed by atoms with Gasteiger partial charge in [-0.15, -0.1) is 0 Å². The summed E-state index contributed by atoms with van der Waals surface area (Å²) < 4.78 is 86.4. The van der Waals surface area contributed by atoms with Gasteiger partial charge in [-0.1, -0.05) is 179 Å². The average molecular weight is 1360 g/mol. The normalized spacial score (nSPS) is 16.6. The monoisotopic (exact) mass is 1360 g/mol. The van der Waals surface area contributed by atoms with Gasteiger partial charge < -0.3 is 77.3 Å². The Bertz CT molecular complexity index is 3480. The van der Waals surface area contributed by atoms with Gasteiger partial charge in [-0.2, -0.15) is 0 Å². The number of benzene rings is 8. The quantitative estimate of drug-likeness (QED) is 0.0291. The smallest absolute Gasteiger partial charge is 0.231 e. The highest BCUT2D eigenvalue weighted by Crippen LogP contribution is 2.63. The summed E-state index contributed by atoms with van der Waals surface area (Å²) in [6.45, 7) is 8.05. The van der Waals surface area contributed by atoms with Crippen LogP contribution in [0, 0.1) is 0 Å². The largest absolute Gasteiger partial charge is 0.508 e. The van der Waals surface area contributed by atoms with Crippen LogP contribution in [0.2, 0.25) is 0 Å². The zero-order valence-electron chi connectivity index (χ0n) is 58.3. The Morgan fingerprint density at radius 2 is 0.470 bits per heavy atom. The van der Waals surface area contributed by atoms with Crippen LogP contribution < -0.4 is 56.8 Å². The van der Waals surface area contributed by atoms with Crippen LogP contribution in [0.15, 0.2) is 121 Å². The lowest BCUT2D eigenvalue weighted by molar-refractivity contribution is 0.0811. The Morgan fingerprint density at radius 3 is 0.650 bits per heavy atom. The molecule has 16 nitrogen and oxygen atoms in total. The van der Waals surface area contributed by atoms with Gasteiger partial charge in [-0.3, -0.25) is 0 Å². The molecule has 5 aliphatic rings. The van der Waals surface area contributed by atoms with E-state index in [-0.39, 0.29) is 76.6 Å². The van der Waals surface area contributed by atoms with E-state index in [1.165, 1.54) is 0 Å². The first-order chi connectivity index (χ1) is 49.1. The van der Waals surface area contributed by atoms with E-state index in [2.05, 4.69) is 52.0 Å². The fourth-order valence-corrected chi connectivity index (χ4v) is 15.3. The molecule has 0 amide bonds. The Kier molecular flexibility index (Phi) is 22.6. The van der Waals surface area contributed by atoms with Crippen molar-refractivity contribution < 1.29 is 77.3 Å². The molecule has 8 aromatic rings. The minimum absolute atomic E-state index is 0.0580. The highest BCUT2D eigenvalue weighted by atomic mass is 16.7. The maximum atomic E-state index is 10.9. The first kappa shape index (κ1) is 69.1. The highest BCUT2D eigenvalue weighted by Gasteiger charge is 2.43. The third-order valence-corrected chi connectivity index (χ3v) is 20.2. The van der Waals surface area contributed by atoms with Crippen molar-refractivity contribution in [2.45, 2.75) is 206 Å². The van der Waals surface area contributed by atoms with Gasteiger partial charge in [-0.25, -0.2) is 0 Å². The van der Waals surface area contributed by atoms with Gasteiger partial charge in [0.05, 0.1) is 0 Å². The topological polar surface area (TPSA) is 192 Å². The summed E-state index contributed by atoms with van der Waals surface area (Å²) >= 11 is 0. The Labute approximate surface area is 587 Å². The van der Waals surface area contributed by atoms with Gasteiger partial charge >= 0.3 is 0 Å². The Morgan fingerprint density at radius 1 is 0.270 bits per heavy atom. The molecule has 0 radical (unpaired) electrons. The average Bonchev–Trinajstić information content (AvgIpc) is 0.724. The molecule has 4 N–H and O–H groups in total. The molecule has 0 saturated heterocycles. The van der Waals surface area contributed by atoms with Crippen molar-refractivity contribution in [1.29, 1.82) is 0 Å². The number of rotatable bonds is 32. The number of phenols is 4. The number of hydrogen-bond donors (Lipinski definition) is 4. The summed E-state index contributed by atoms with van der Waals surface area (Å²) in [6, 6.07) is 37.7. The van der Waals surface area contributed by atoms with E-state index in [9.17, 15) is 20.4 Å². The third-order valence-electron chi connectivity index (χ3n) is 20.2. The lowest BCUT2D eigenvalue weighted by atomic mass is 9.75. The maximum absolute atomic E-state index is 10.9. The predicted molar refractivity (Wildman–Crippen MR) is 382 cm³/mol. The van der Waals surface area contributed by atoms with Gasteiger partial charge in [0.25, 0.3) is 0 Å². The molecule has 13 rings (SSSR count). The first-order valence-electron chi connectivity index (χ1n) is 36.6. The van der Waals surface area contributed by atoms with Crippen LogP contribution in [0.3, 0.4) is 0 Å². The second kappa shape index (κ2) is 32.7. The number of aromatic hydroxyl groups is 4. The minimum atomic E-state index is -0.432. The van der Waals surface area contributed by atoms with Gasteiger partial charge in [0.2, 0.25) is 50.2 Å². The SMILES string of the molecule is CCCCCCC1c2cc3c4c(OCc5cccc(O)c5)c2OCOc2c1cc1c(c2OCc2cccc(O)c2)OCOc2c(cc5c(c2OCc2cccc(O)c2)OCOc2c(cc(c(c2OCc2cccc(O)c2)OCO4)C3CCCCCC)C5CCCCCC)C1CCCCCC. The van der Waals surface area contributed by atoms with Crippen molar-refractivity contribution in [1.82, 2.24) is 0 Å². The first-order valence-corrected chi connectivity index (χ1v) is 36.6. The molecule has 1 aliphatic carbocycles. The lowest BCUT2D eigenvalue weighted by Crippen LogP contribution is -2.24. The number of ether oxygens (including phenoxy) is 12. The van der Waals surface area contributed by atoms with Gasteiger partial charge in [0.15, 0.2) is 46.0 Å². The number of unbranched alkanes of at least 4 members (excludes halogenated alkanes) is 12. The molecule has 8 aromatic carbocycles. The van der Waals surface area contributed by atoms with Gasteiger partial charge in [0, 0.05) is 68.2 Å². The van der Waals surface area contributed by atoms with E-state index in [4.69, 9.17) is 56.8 Å². The summed E-state index contributed by atoms with van der Waals surface area (Å²) in [6.07, 6.45) is 18.2. The molecule has 0 saturated carbocycles. The Hall–Kier alpha value is -9.44. The zero-order chi connectivity index (χ0) is 68.9. The molecule has 0 spiro atoms. The van der Waals surface area contributed by atoms with Crippen molar-refractivity contribution in [3.8, 4) is 92.0 Å². The van der Waals surface area contributed by atoms with E-state index in [0.29, 0.717) is 94.7 Å². The molecular weight excluding hydrogens is 1260 g/mol. The van der Waals surface area contributed by atoms with Gasteiger partial charge in [0.1, 0.15) is 49.4 Å². The van der Waals surface area contributed by atoms with Crippen LogP contribution in [0.5, 0.6) is 92.0 Å². The second-order valence-corrected chi connectivity index (χ2v) is 27.2. The molecule has 16 heteroatoms. The van der Waals surface area contributed by atoms with E-state index >= 15 is 0 Å². The van der Waals surface area contributed by atoms with Crippen LogP contribution in [-0.2, 0) is 26.4 Å². The summed E-state index contributed by atoms with van der Waals surface area (Å²) in [5, 5.41) is 43.6.